The summed E-state index contributed by atoms with van der Waals surface area (Å²) >= 11 is 0. The van der Waals surface area contributed by atoms with Crippen LogP contribution < -0.4 is 10.2 Å². The van der Waals surface area contributed by atoms with Gasteiger partial charge >= 0.3 is 0 Å². The van der Waals surface area contributed by atoms with Gasteiger partial charge in [-0.2, -0.15) is 0 Å². The number of nitrogens with one attached hydrogen (secondary N) is 1. The molecule has 0 unspecified atom stereocenters. The van der Waals surface area contributed by atoms with E-state index in [1.54, 1.807) is 14.2 Å². The standard InChI is InChI=1S/C15H26N4O2/c1-20-8-3-6-19(7-9-21-2)15-12-16-10-14(18-15)11-17-13-4-5-13/h10,12-13,17H,3-9,11H2,1-2H3. The summed E-state index contributed by atoms with van der Waals surface area (Å²) in [6.07, 6.45) is 7.19. The van der Waals surface area contributed by atoms with Gasteiger partial charge in [-0.25, -0.2) is 4.98 Å². The fraction of sp³-hybridized carbons (Fsp3) is 0.733. The summed E-state index contributed by atoms with van der Waals surface area (Å²) in [4.78, 5) is 11.2. The van der Waals surface area contributed by atoms with E-state index in [-0.39, 0.29) is 0 Å². The van der Waals surface area contributed by atoms with Gasteiger partial charge in [-0.15, -0.1) is 0 Å². The summed E-state index contributed by atoms with van der Waals surface area (Å²) in [5.74, 6) is 0.915. The lowest BCUT2D eigenvalue weighted by Crippen LogP contribution is -2.30. The van der Waals surface area contributed by atoms with Crippen LogP contribution in [-0.2, 0) is 16.0 Å². The van der Waals surface area contributed by atoms with Gasteiger partial charge < -0.3 is 19.7 Å². The van der Waals surface area contributed by atoms with Crippen molar-refractivity contribution in [2.75, 3.05) is 45.4 Å². The molecule has 1 heterocycles. The molecule has 1 aromatic heterocycles. The number of hydrogen-bond acceptors (Lipinski definition) is 6. The van der Waals surface area contributed by atoms with Crippen LogP contribution in [0.1, 0.15) is 25.0 Å². The van der Waals surface area contributed by atoms with Crippen LogP contribution in [0.15, 0.2) is 12.4 Å². The second-order valence-corrected chi connectivity index (χ2v) is 5.35. The summed E-state index contributed by atoms with van der Waals surface area (Å²) in [6, 6.07) is 0.682. The molecule has 118 valence electrons. The van der Waals surface area contributed by atoms with Gasteiger partial charge in [-0.05, 0) is 19.3 Å². The molecule has 1 N–H and O–H groups in total. The maximum atomic E-state index is 5.18. The second-order valence-electron chi connectivity index (χ2n) is 5.35. The van der Waals surface area contributed by atoms with Gasteiger partial charge in [-0.1, -0.05) is 0 Å². The highest BCUT2D eigenvalue weighted by Gasteiger charge is 2.20. The third kappa shape index (κ3) is 5.95. The van der Waals surface area contributed by atoms with Gasteiger partial charge in [0, 0.05) is 52.7 Å². The molecule has 1 aromatic rings. The van der Waals surface area contributed by atoms with Crippen molar-refractivity contribution in [1.29, 1.82) is 0 Å². The number of aromatic nitrogens is 2. The Morgan fingerprint density at radius 3 is 2.71 bits per heavy atom. The highest BCUT2D eigenvalue weighted by atomic mass is 16.5. The van der Waals surface area contributed by atoms with E-state index in [9.17, 15) is 0 Å². The summed E-state index contributed by atoms with van der Waals surface area (Å²) in [7, 11) is 3.44. The molecule has 0 radical (unpaired) electrons. The van der Waals surface area contributed by atoms with E-state index in [1.165, 1.54) is 12.8 Å². The molecular weight excluding hydrogens is 268 g/mol. The first-order valence-electron chi connectivity index (χ1n) is 7.60. The minimum absolute atomic E-state index is 0.680. The van der Waals surface area contributed by atoms with Gasteiger partial charge in [0.05, 0.1) is 18.5 Å². The van der Waals surface area contributed by atoms with Gasteiger partial charge in [0.25, 0.3) is 0 Å². The predicted octanol–water partition coefficient (Wildman–Crippen LogP) is 1.22. The Kier molecular flexibility index (Phi) is 6.85. The molecule has 0 saturated heterocycles. The second kappa shape index (κ2) is 8.92. The number of methoxy groups -OCH3 is 2. The van der Waals surface area contributed by atoms with E-state index in [2.05, 4.69) is 15.2 Å². The molecule has 2 rings (SSSR count). The SMILES string of the molecule is COCCCN(CCOC)c1cncc(CNC2CC2)n1. The van der Waals surface area contributed by atoms with Crippen molar-refractivity contribution in [1.82, 2.24) is 15.3 Å². The first-order chi connectivity index (χ1) is 10.3. The number of hydrogen-bond donors (Lipinski definition) is 1. The minimum atomic E-state index is 0.680. The first kappa shape index (κ1) is 16.1. The molecule has 21 heavy (non-hydrogen) atoms. The predicted molar refractivity (Wildman–Crippen MR) is 82.5 cm³/mol. The van der Waals surface area contributed by atoms with E-state index in [0.717, 1.165) is 44.2 Å². The van der Waals surface area contributed by atoms with Crippen molar-refractivity contribution in [3.8, 4) is 0 Å². The molecule has 0 atom stereocenters. The van der Waals surface area contributed by atoms with Crippen molar-refractivity contribution in [3.05, 3.63) is 18.1 Å². The maximum absolute atomic E-state index is 5.18. The average molecular weight is 294 g/mol. The summed E-state index contributed by atoms with van der Waals surface area (Å²) in [5.41, 5.74) is 0.994. The van der Waals surface area contributed by atoms with Crippen LogP contribution in [0, 0.1) is 0 Å². The van der Waals surface area contributed by atoms with E-state index >= 15 is 0 Å². The number of ether oxygens (including phenoxy) is 2. The fourth-order valence-corrected chi connectivity index (χ4v) is 2.11. The van der Waals surface area contributed by atoms with Gasteiger partial charge in [0.15, 0.2) is 0 Å². The van der Waals surface area contributed by atoms with Crippen LogP contribution in [0.25, 0.3) is 0 Å². The zero-order valence-electron chi connectivity index (χ0n) is 13.0. The lowest BCUT2D eigenvalue weighted by Gasteiger charge is -2.23. The van der Waals surface area contributed by atoms with E-state index < -0.39 is 0 Å². The van der Waals surface area contributed by atoms with Crippen LogP contribution in [0.4, 0.5) is 5.82 Å². The molecule has 1 fully saturated rings. The van der Waals surface area contributed by atoms with Gasteiger partial charge in [0.1, 0.15) is 5.82 Å². The van der Waals surface area contributed by atoms with Crippen molar-refractivity contribution in [2.45, 2.75) is 31.8 Å². The zero-order valence-corrected chi connectivity index (χ0v) is 13.0. The van der Waals surface area contributed by atoms with Gasteiger partial charge in [-0.3, -0.25) is 4.98 Å². The summed E-state index contributed by atoms with van der Waals surface area (Å²) < 4.78 is 10.3. The largest absolute Gasteiger partial charge is 0.385 e. The topological polar surface area (TPSA) is 59.5 Å². The molecule has 1 aliphatic carbocycles. The molecule has 0 spiro atoms. The smallest absolute Gasteiger partial charge is 0.147 e. The molecule has 0 aliphatic heterocycles. The maximum Gasteiger partial charge on any atom is 0.147 e. The Morgan fingerprint density at radius 2 is 2.00 bits per heavy atom. The molecule has 6 nitrogen and oxygen atoms in total. The monoisotopic (exact) mass is 294 g/mol. The molecule has 0 bridgehead atoms. The third-order valence-electron chi connectivity index (χ3n) is 3.49. The lowest BCUT2D eigenvalue weighted by molar-refractivity contribution is 0.191. The highest BCUT2D eigenvalue weighted by molar-refractivity contribution is 5.36. The lowest BCUT2D eigenvalue weighted by atomic mass is 10.3. The van der Waals surface area contributed by atoms with E-state index in [0.29, 0.717) is 12.6 Å². The van der Waals surface area contributed by atoms with Crippen molar-refractivity contribution in [2.24, 2.45) is 0 Å². The Balaban J connectivity index is 1.93. The Hall–Kier alpha value is -1.24. The van der Waals surface area contributed by atoms with Crippen LogP contribution >= 0.6 is 0 Å². The molecule has 1 aliphatic rings. The number of anilines is 1. The molecular formula is C15H26N4O2. The summed E-state index contributed by atoms with van der Waals surface area (Å²) in [5, 5.41) is 3.47. The average Bonchev–Trinajstić information content (AvgIpc) is 3.33. The van der Waals surface area contributed by atoms with E-state index in [1.807, 2.05) is 12.4 Å². The van der Waals surface area contributed by atoms with Crippen LogP contribution in [0.3, 0.4) is 0 Å². The van der Waals surface area contributed by atoms with Crippen LogP contribution in [-0.4, -0.2) is 56.5 Å². The Labute approximate surface area is 126 Å². The highest BCUT2D eigenvalue weighted by Crippen LogP contribution is 2.19. The first-order valence-corrected chi connectivity index (χ1v) is 7.60. The van der Waals surface area contributed by atoms with Crippen molar-refractivity contribution < 1.29 is 9.47 Å². The van der Waals surface area contributed by atoms with E-state index in [4.69, 9.17) is 14.5 Å². The third-order valence-corrected chi connectivity index (χ3v) is 3.49. The number of rotatable bonds is 11. The quantitative estimate of drug-likeness (QED) is 0.619. The summed E-state index contributed by atoms with van der Waals surface area (Å²) in [6.45, 7) is 3.93. The Morgan fingerprint density at radius 1 is 1.19 bits per heavy atom. The van der Waals surface area contributed by atoms with Crippen LogP contribution in [0.5, 0.6) is 0 Å². The normalized spacial score (nSPS) is 14.4. The fourth-order valence-electron chi connectivity index (χ4n) is 2.11. The minimum Gasteiger partial charge on any atom is -0.385 e. The number of nitrogens with zero attached hydrogens (tertiary/aromatic N) is 3. The van der Waals surface area contributed by atoms with Crippen molar-refractivity contribution in [3.63, 3.8) is 0 Å². The Bertz CT molecular complexity index is 412. The molecule has 6 heteroatoms. The van der Waals surface area contributed by atoms with Crippen molar-refractivity contribution >= 4 is 5.82 Å². The van der Waals surface area contributed by atoms with Gasteiger partial charge in [0.2, 0.25) is 0 Å². The zero-order chi connectivity index (χ0) is 14.9. The molecule has 0 aromatic carbocycles. The molecule has 0 amide bonds. The molecule has 1 saturated carbocycles. The van der Waals surface area contributed by atoms with Crippen LogP contribution in [0.2, 0.25) is 0 Å².